The fourth-order valence-electron chi connectivity index (χ4n) is 2.79. The molecule has 0 radical (unpaired) electrons. The zero-order chi connectivity index (χ0) is 17.6. The molecule has 7 heteroatoms. The van der Waals surface area contributed by atoms with Gasteiger partial charge in [0.1, 0.15) is 0 Å². The Morgan fingerprint density at radius 3 is 2.50 bits per heavy atom. The summed E-state index contributed by atoms with van der Waals surface area (Å²) in [6, 6.07) is 7.81. The van der Waals surface area contributed by atoms with Crippen molar-refractivity contribution >= 4 is 23.1 Å². The average Bonchev–Trinajstić information content (AvgIpc) is 2.73. The number of benzene rings is 2. The Labute approximate surface area is 140 Å². The molecule has 2 aromatic rings. The minimum Gasteiger partial charge on any atom is -0.368 e. The van der Waals surface area contributed by atoms with Gasteiger partial charge in [-0.3, -0.25) is 4.79 Å². The van der Waals surface area contributed by atoms with Crippen LogP contribution < -0.4 is 0 Å². The lowest BCUT2D eigenvalue weighted by molar-refractivity contribution is -0.0328. The van der Waals surface area contributed by atoms with Crippen molar-refractivity contribution in [2.75, 3.05) is 0 Å². The maximum atomic E-state index is 14.5. The van der Waals surface area contributed by atoms with E-state index in [0.29, 0.717) is 0 Å². The van der Waals surface area contributed by atoms with Crippen LogP contribution in [0.15, 0.2) is 36.4 Å². The molecular weight excluding hydrogens is 340 g/mol. The Balaban J connectivity index is 2.07. The molecule has 124 valence electrons. The fraction of sp³-hybridized carbons (Fsp3) is 0.176. The number of Topliss-reactive ketones (excluding diaryl/α,β-unsaturated/α-hetero) is 1. The number of alkyl halides is 2. The first-order valence-electron chi connectivity index (χ1n) is 7.03. The topological polar surface area (TPSA) is 81.4 Å². The predicted molar refractivity (Wildman–Crippen MR) is 84.8 cm³/mol. The van der Waals surface area contributed by atoms with Crippen molar-refractivity contribution in [3.8, 4) is 11.1 Å². The highest BCUT2D eigenvalue weighted by Crippen LogP contribution is 2.51. The lowest BCUT2D eigenvalue weighted by Crippen LogP contribution is -2.20. The Kier molecular flexibility index (Phi) is 3.99. The van der Waals surface area contributed by atoms with Gasteiger partial charge < -0.3 is 15.6 Å². The summed E-state index contributed by atoms with van der Waals surface area (Å²) in [4.78, 5) is 12.2. The van der Waals surface area contributed by atoms with E-state index in [1.807, 2.05) is 0 Å². The van der Waals surface area contributed by atoms with E-state index in [1.165, 1.54) is 30.3 Å². The highest BCUT2D eigenvalue weighted by Gasteiger charge is 2.44. The quantitative estimate of drug-likeness (QED) is 0.449. The van der Waals surface area contributed by atoms with Crippen molar-refractivity contribution in [1.29, 1.82) is 5.41 Å². The summed E-state index contributed by atoms with van der Waals surface area (Å²) in [5, 5.41) is 25.5. The molecule has 3 N–H and O–H groups in total. The monoisotopic (exact) mass is 351 g/mol. The first-order chi connectivity index (χ1) is 11.2. The van der Waals surface area contributed by atoms with E-state index >= 15 is 0 Å². The summed E-state index contributed by atoms with van der Waals surface area (Å²) in [6.07, 6.45) is -2.35. The molecule has 24 heavy (non-hydrogen) atoms. The molecule has 0 saturated heterocycles. The van der Waals surface area contributed by atoms with Gasteiger partial charge in [-0.25, -0.2) is 0 Å². The molecule has 4 nitrogen and oxygen atoms in total. The number of carbonyl (C=O) groups excluding carboxylic acids is 1. The smallest absolute Gasteiger partial charge is 0.299 e. The molecule has 0 fully saturated rings. The van der Waals surface area contributed by atoms with Crippen LogP contribution in [0.4, 0.5) is 8.78 Å². The lowest BCUT2D eigenvalue weighted by Gasteiger charge is -2.12. The van der Waals surface area contributed by atoms with Gasteiger partial charge in [0.05, 0.1) is 5.71 Å². The van der Waals surface area contributed by atoms with Crippen LogP contribution in [0.5, 0.6) is 0 Å². The average molecular weight is 352 g/mol. The number of fused-ring (bicyclic) bond motifs is 3. The van der Waals surface area contributed by atoms with E-state index in [9.17, 15) is 13.6 Å². The lowest BCUT2D eigenvalue weighted by atomic mass is 9.98. The van der Waals surface area contributed by atoms with Crippen molar-refractivity contribution in [1.82, 2.24) is 0 Å². The number of halogens is 3. The summed E-state index contributed by atoms with van der Waals surface area (Å²) in [7, 11) is 0. The number of hydrogen-bond donors (Lipinski definition) is 3. The molecule has 1 aliphatic carbocycles. The van der Waals surface area contributed by atoms with Crippen molar-refractivity contribution in [2.24, 2.45) is 0 Å². The third-order valence-corrected chi connectivity index (χ3v) is 4.13. The molecule has 0 aromatic heterocycles. The second-order valence-corrected chi connectivity index (χ2v) is 5.95. The predicted octanol–water partition coefficient (Wildman–Crippen LogP) is 3.36. The van der Waals surface area contributed by atoms with Crippen LogP contribution in [0.1, 0.15) is 27.9 Å². The number of aliphatic hydroxyl groups excluding tert-OH is 1. The van der Waals surface area contributed by atoms with Gasteiger partial charge in [-0.1, -0.05) is 29.8 Å². The van der Waals surface area contributed by atoms with Crippen molar-refractivity contribution in [3.63, 3.8) is 0 Å². The number of nitrogens with one attached hydrogen (secondary N) is 1. The molecule has 0 aliphatic heterocycles. The molecule has 1 aliphatic rings. The van der Waals surface area contributed by atoms with Crippen LogP contribution >= 0.6 is 11.6 Å². The van der Waals surface area contributed by atoms with Gasteiger partial charge in [0.2, 0.25) is 5.78 Å². The minimum atomic E-state index is -3.22. The first kappa shape index (κ1) is 16.7. The summed E-state index contributed by atoms with van der Waals surface area (Å²) >= 11 is 5.80. The SMILES string of the molecule is N=C(CC(O)O)C(=O)c1ccc2c(c1)-c1ccc(Cl)cc1C2(F)F. The molecule has 0 saturated carbocycles. The van der Waals surface area contributed by atoms with Gasteiger partial charge in [0.15, 0.2) is 6.29 Å². The van der Waals surface area contributed by atoms with Gasteiger partial charge in [0.25, 0.3) is 5.92 Å². The van der Waals surface area contributed by atoms with Gasteiger partial charge >= 0.3 is 0 Å². The molecule has 2 aromatic carbocycles. The van der Waals surface area contributed by atoms with Crippen LogP contribution in [-0.2, 0) is 5.92 Å². The summed E-state index contributed by atoms with van der Waals surface area (Å²) in [5.41, 5.74) is -0.442. The van der Waals surface area contributed by atoms with Gasteiger partial charge in [-0.2, -0.15) is 8.78 Å². The minimum absolute atomic E-state index is 0.0398. The summed E-state index contributed by atoms with van der Waals surface area (Å²) in [5.74, 6) is -3.96. The van der Waals surface area contributed by atoms with Gasteiger partial charge in [0, 0.05) is 28.1 Å². The van der Waals surface area contributed by atoms with Crippen LogP contribution in [0.25, 0.3) is 11.1 Å². The largest absolute Gasteiger partial charge is 0.368 e. The Morgan fingerprint density at radius 1 is 1.12 bits per heavy atom. The van der Waals surface area contributed by atoms with E-state index in [4.69, 9.17) is 27.2 Å². The van der Waals surface area contributed by atoms with Crippen LogP contribution in [-0.4, -0.2) is 28.0 Å². The van der Waals surface area contributed by atoms with Crippen LogP contribution in [0, 0.1) is 5.41 Å². The summed E-state index contributed by atoms with van der Waals surface area (Å²) < 4.78 is 29.0. The third-order valence-electron chi connectivity index (χ3n) is 3.89. The third kappa shape index (κ3) is 2.62. The zero-order valence-electron chi connectivity index (χ0n) is 12.2. The zero-order valence-corrected chi connectivity index (χ0v) is 12.9. The fourth-order valence-corrected chi connectivity index (χ4v) is 2.96. The molecule has 0 bridgehead atoms. The number of carbonyl (C=O) groups is 1. The van der Waals surface area contributed by atoms with Gasteiger partial charge in [-0.15, -0.1) is 0 Å². The highest BCUT2D eigenvalue weighted by molar-refractivity contribution is 6.45. The summed E-state index contributed by atoms with van der Waals surface area (Å²) in [6.45, 7) is 0. The van der Waals surface area contributed by atoms with E-state index in [2.05, 4.69) is 0 Å². The van der Waals surface area contributed by atoms with Crippen molar-refractivity contribution in [2.45, 2.75) is 18.6 Å². The Bertz CT molecular complexity index is 865. The Hall–Kier alpha value is -2.15. The second kappa shape index (κ2) is 5.73. The highest BCUT2D eigenvalue weighted by atomic mass is 35.5. The maximum Gasteiger partial charge on any atom is 0.299 e. The first-order valence-corrected chi connectivity index (χ1v) is 7.40. The molecular formula is C17H12ClF2NO3. The standard InChI is InChI=1S/C17H12ClF2NO3/c18-9-2-3-10-11-5-8(16(24)14(21)7-15(22)23)1-4-12(11)17(19,20)13(10)6-9/h1-6,15,21-23H,7H2. The van der Waals surface area contributed by atoms with E-state index in [0.717, 1.165) is 6.07 Å². The Morgan fingerprint density at radius 2 is 1.83 bits per heavy atom. The molecule has 3 rings (SSSR count). The number of hydrogen-bond acceptors (Lipinski definition) is 4. The normalized spacial score (nSPS) is 14.4. The van der Waals surface area contributed by atoms with Crippen LogP contribution in [0.2, 0.25) is 5.02 Å². The number of aliphatic hydroxyl groups is 2. The van der Waals surface area contributed by atoms with Gasteiger partial charge in [-0.05, 0) is 29.3 Å². The molecule has 0 unspecified atom stereocenters. The van der Waals surface area contributed by atoms with Crippen molar-refractivity contribution < 1.29 is 23.8 Å². The van der Waals surface area contributed by atoms with Crippen LogP contribution in [0.3, 0.4) is 0 Å². The molecule has 0 amide bonds. The molecule has 0 spiro atoms. The van der Waals surface area contributed by atoms with Crippen molar-refractivity contribution in [3.05, 3.63) is 58.1 Å². The van der Waals surface area contributed by atoms with E-state index in [1.54, 1.807) is 0 Å². The molecule has 0 heterocycles. The molecule has 0 atom stereocenters. The number of ketones is 1. The second-order valence-electron chi connectivity index (χ2n) is 5.52. The number of rotatable bonds is 4. The maximum absolute atomic E-state index is 14.5. The van der Waals surface area contributed by atoms with E-state index in [-0.39, 0.29) is 32.8 Å². The van der Waals surface area contributed by atoms with E-state index < -0.39 is 30.1 Å².